The van der Waals surface area contributed by atoms with Crippen LogP contribution in [-0.4, -0.2) is 43.3 Å². The minimum Gasteiger partial charge on any atom is -0.482 e. The Morgan fingerprint density at radius 3 is 2.79 bits per heavy atom. The van der Waals surface area contributed by atoms with E-state index in [0.717, 1.165) is 5.56 Å². The quantitative estimate of drug-likeness (QED) is 0.353. The fraction of sp³-hybridized carbons (Fsp3) is 0.261. The standard InChI is InChI=1S/C23H23N5O6/c1-2-33-19(30)13-34-17-7-3-5-15(11-17)6-4-10-27-12-16(8-9-18(27)29)28-14-24-20-21(28)25-23(32)26-22(20)31/h3,5,7-9,11-12,14H,2,4,6,10,13H2,1H3,(H2,25,26,31,32). The number of benzene rings is 1. The molecule has 4 rings (SSSR count). The molecule has 0 aliphatic heterocycles. The molecule has 0 saturated carbocycles. The fourth-order valence-electron chi connectivity index (χ4n) is 3.56. The number of aromatic nitrogens is 5. The van der Waals surface area contributed by atoms with Crippen LogP contribution >= 0.6 is 0 Å². The number of esters is 1. The number of pyridine rings is 1. The van der Waals surface area contributed by atoms with Crippen LogP contribution in [0.25, 0.3) is 16.9 Å². The smallest absolute Gasteiger partial charge is 0.344 e. The van der Waals surface area contributed by atoms with Gasteiger partial charge in [-0.2, -0.15) is 0 Å². The first-order valence-corrected chi connectivity index (χ1v) is 10.7. The molecule has 4 aromatic rings. The molecular formula is C23H23N5O6. The van der Waals surface area contributed by atoms with E-state index in [1.165, 1.54) is 12.4 Å². The van der Waals surface area contributed by atoms with E-state index < -0.39 is 17.2 Å². The maximum absolute atomic E-state index is 12.4. The lowest BCUT2D eigenvalue weighted by Crippen LogP contribution is -2.23. The van der Waals surface area contributed by atoms with Gasteiger partial charge in [0.1, 0.15) is 12.1 Å². The highest BCUT2D eigenvalue weighted by atomic mass is 16.6. The number of rotatable bonds is 9. The third-order valence-corrected chi connectivity index (χ3v) is 5.11. The van der Waals surface area contributed by atoms with Gasteiger partial charge < -0.3 is 14.0 Å². The molecule has 3 heterocycles. The Labute approximate surface area is 192 Å². The normalized spacial score (nSPS) is 11.0. The zero-order valence-electron chi connectivity index (χ0n) is 18.4. The highest BCUT2D eigenvalue weighted by Crippen LogP contribution is 2.16. The predicted molar refractivity (Wildman–Crippen MR) is 123 cm³/mol. The lowest BCUT2D eigenvalue weighted by Gasteiger charge is -2.10. The van der Waals surface area contributed by atoms with Gasteiger partial charge in [-0.25, -0.2) is 14.6 Å². The van der Waals surface area contributed by atoms with Crippen molar-refractivity contribution in [3.05, 3.63) is 85.7 Å². The summed E-state index contributed by atoms with van der Waals surface area (Å²) in [6.45, 7) is 2.33. The van der Waals surface area contributed by atoms with Crippen molar-refractivity contribution < 1.29 is 14.3 Å². The lowest BCUT2D eigenvalue weighted by atomic mass is 10.1. The first-order chi connectivity index (χ1) is 16.4. The Kier molecular flexibility index (Phi) is 6.72. The van der Waals surface area contributed by atoms with E-state index in [0.29, 0.717) is 37.4 Å². The number of aryl methyl sites for hydroxylation is 2. The van der Waals surface area contributed by atoms with Crippen LogP contribution < -0.4 is 21.5 Å². The van der Waals surface area contributed by atoms with Crippen molar-refractivity contribution in [2.45, 2.75) is 26.3 Å². The zero-order valence-corrected chi connectivity index (χ0v) is 18.4. The maximum atomic E-state index is 12.4. The number of carbonyl (C=O) groups excluding carboxylic acids is 1. The van der Waals surface area contributed by atoms with Crippen LogP contribution in [0.3, 0.4) is 0 Å². The highest BCUT2D eigenvalue weighted by molar-refractivity contribution is 5.71. The van der Waals surface area contributed by atoms with Gasteiger partial charge in [-0.05, 0) is 43.5 Å². The summed E-state index contributed by atoms with van der Waals surface area (Å²) < 4.78 is 13.4. The van der Waals surface area contributed by atoms with Gasteiger partial charge in [0.2, 0.25) is 0 Å². The van der Waals surface area contributed by atoms with Gasteiger partial charge in [0.05, 0.1) is 12.3 Å². The predicted octanol–water partition coefficient (Wildman–Crippen LogP) is 1.14. The summed E-state index contributed by atoms with van der Waals surface area (Å²) in [6.07, 6.45) is 4.43. The Morgan fingerprint density at radius 2 is 1.97 bits per heavy atom. The molecule has 0 unspecified atom stereocenters. The van der Waals surface area contributed by atoms with Crippen molar-refractivity contribution in [3.63, 3.8) is 0 Å². The number of nitrogens with one attached hydrogen (secondary N) is 2. The van der Waals surface area contributed by atoms with E-state index in [1.807, 2.05) is 18.2 Å². The van der Waals surface area contributed by atoms with Crippen LogP contribution in [0.1, 0.15) is 18.9 Å². The van der Waals surface area contributed by atoms with Gasteiger partial charge >= 0.3 is 11.7 Å². The average Bonchev–Trinajstić information content (AvgIpc) is 3.24. The van der Waals surface area contributed by atoms with Crippen LogP contribution in [-0.2, 0) is 22.5 Å². The van der Waals surface area contributed by atoms with E-state index in [-0.39, 0.29) is 23.3 Å². The van der Waals surface area contributed by atoms with Crippen LogP contribution in [0.15, 0.2) is 63.3 Å². The lowest BCUT2D eigenvalue weighted by molar-refractivity contribution is -0.145. The third kappa shape index (κ3) is 5.14. The minimum atomic E-state index is -0.638. The van der Waals surface area contributed by atoms with E-state index in [4.69, 9.17) is 9.47 Å². The van der Waals surface area contributed by atoms with Crippen molar-refractivity contribution in [2.75, 3.05) is 13.2 Å². The number of H-pyrrole nitrogens is 2. The van der Waals surface area contributed by atoms with Crippen LogP contribution in [0, 0.1) is 0 Å². The summed E-state index contributed by atoms with van der Waals surface area (Å²) in [5.41, 5.74) is 0.535. The summed E-state index contributed by atoms with van der Waals surface area (Å²) in [7, 11) is 0. The molecule has 176 valence electrons. The molecule has 0 spiro atoms. The molecule has 1 aromatic carbocycles. The molecule has 11 heteroatoms. The van der Waals surface area contributed by atoms with Crippen molar-refractivity contribution in [2.24, 2.45) is 0 Å². The number of hydrogen-bond donors (Lipinski definition) is 2. The molecule has 0 saturated heterocycles. The van der Waals surface area contributed by atoms with Gasteiger partial charge in [-0.15, -0.1) is 0 Å². The molecule has 3 aromatic heterocycles. The maximum Gasteiger partial charge on any atom is 0.344 e. The molecule has 0 atom stereocenters. The highest BCUT2D eigenvalue weighted by Gasteiger charge is 2.11. The van der Waals surface area contributed by atoms with Crippen LogP contribution in [0.5, 0.6) is 5.75 Å². The number of hydrogen-bond acceptors (Lipinski definition) is 7. The Morgan fingerprint density at radius 1 is 1.12 bits per heavy atom. The Bertz CT molecular complexity index is 1500. The number of imidazole rings is 1. The fourth-order valence-corrected chi connectivity index (χ4v) is 3.56. The summed E-state index contributed by atoms with van der Waals surface area (Å²) in [5, 5.41) is 0. The van der Waals surface area contributed by atoms with Crippen LogP contribution in [0.2, 0.25) is 0 Å². The molecule has 0 aliphatic carbocycles. The van der Waals surface area contributed by atoms with E-state index in [2.05, 4.69) is 15.0 Å². The first-order valence-electron chi connectivity index (χ1n) is 10.7. The molecule has 0 aliphatic rings. The van der Waals surface area contributed by atoms with Crippen molar-refractivity contribution in [3.8, 4) is 11.4 Å². The summed E-state index contributed by atoms with van der Waals surface area (Å²) >= 11 is 0. The van der Waals surface area contributed by atoms with Gasteiger partial charge in [-0.3, -0.25) is 24.1 Å². The molecule has 0 radical (unpaired) electrons. The van der Waals surface area contributed by atoms with Gasteiger partial charge in [-0.1, -0.05) is 12.1 Å². The molecule has 0 bridgehead atoms. The van der Waals surface area contributed by atoms with Crippen molar-refractivity contribution in [1.82, 2.24) is 24.1 Å². The van der Waals surface area contributed by atoms with Crippen molar-refractivity contribution in [1.29, 1.82) is 0 Å². The largest absolute Gasteiger partial charge is 0.482 e. The average molecular weight is 465 g/mol. The minimum absolute atomic E-state index is 0.0995. The molecular weight excluding hydrogens is 442 g/mol. The number of aromatic amines is 2. The van der Waals surface area contributed by atoms with Gasteiger partial charge in [0.15, 0.2) is 17.8 Å². The van der Waals surface area contributed by atoms with Gasteiger partial charge in [0, 0.05) is 18.8 Å². The monoisotopic (exact) mass is 465 g/mol. The van der Waals surface area contributed by atoms with E-state index >= 15 is 0 Å². The number of nitrogens with zero attached hydrogens (tertiary/aromatic N) is 3. The Hall–Kier alpha value is -4.41. The molecule has 2 N–H and O–H groups in total. The van der Waals surface area contributed by atoms with Crippen LogP contribution in [0.4, 0.5) is 0 Å². The molecule has 0 amide bonds. The molecule has 11 nitrogen and oxygen atoms in total. The Balaban J connectivity index is 1.45. The topological polar surface area (TPSA) is 141 Å². The van der Waals surface area contributed by atoms with Crippen molar-refractivity contribution >= 4 is 17.1 Å². The molecule has 34 heavy (non-hydrogen) atoms. The molecule has 0 fully saturated rings. The number of carbonyl (C=O) groups is 1. The van der Waals surface area contributed by atoms with E-state index in [1.54, 1.807) is 34.4 Å². The number of ether oxygens (including phenoxy) is 2. The SMILES string of the molecule is CCOC(=O)COc1cccc(CCCn2cc(-n3cnc4c(=O)[nH]c(=O)[nH]c43)ccc2=O)c1. The zero-order chi connectivity index (χ0) is 24.1. The second-order valence-corrected chi connectivity index (χ2v) is 7.48. The first kappa shape index (κ1) is 22.8. The van der Waals surface area contributed by atoms with E-state index in [9.17, 15) is 19.2 Å². The third-order valence-electron chi connectivity index (χ3n) is 5.11. The number of fused-ring (bicyclic) bond motifs is 1. The summed E-state index contributed by atoms with van der Waals surface area (Å²) in [6, 6.07) is 10.4. The van der Waals surface area contributed by atoms with Gasteiger partial charge in [0.25, 0.3) is 11.1 Å². The second kappa shape index (κ2) is 10.0. The summed E-state index contributed by atoms with van der Waals surface area (Å²) in [4.78, 5) is 56.2. The summed E-state index contributed by atoms with van der Waals surface area (Å²) in [5.74, 6) is 0.146. The second-order valence-electron chi connectivity index (χ2n) is 7.48.